The molecule has 0 aliphatic heterocycles. The molecule has 94 valence electrons. The van der Waals surface area contributed by atoms with Crippen molar-refractivity contribution in [1.29, 1.82) is 0 Å². The SMILES string of the molecule is Cc1ccn2cc(-c3ccc([N+](=O)[O-])cc3)nc2c1. The molecule has 3 aromatic rings. The number of benzene rings is 1. The molecule has 0 N–H and O–H groups in total. The van der Waals surface area contributed by atoms with E-state index >= 15 is 0 Å². The maximum absolute atomic E-state index is 10.6. The van der Waals surface area contributed by atoms with Crippen LogP contribution in [0.15, 0.2) is 48.8 Å². The number of rotatable bonds is 2. The highest BCUT2D eigenvalue weighted by Crippen LogP contribution is 2.22. The first-order valence-corrected chi connectivity index (χ1v) is 5.84. The van der Waals surface area contributed by atoms with E-state index in [0.717, 1.165) is 22.5 Å². The molecule has 2 heterocycles. The molecule has 0 saturated heterocycles. The van der Waals surface area contributed by atoms with Crippen molar-refractivity contribution in [1.82, 2.24) is 9.38 Å². The van der Waals surface area contributed by atoms with E-state index in [-0.39, 0.29) is 5.69 Å². The average Bonchev–Trinajstić information content (AvgIpc) is 2.81. The fourth-order valence-corrected chi connectivity index (χ4v) is 1.98. The molecular formula is C14H11N3O2. The Balaban J connectivity index is 2.06. The summed E-state index contributed by atoms with van der Waals surface area (Å²) in [7, 11) is 0. The van der Waals surface area contributed by atoms with Gasteiger partial charge in [0.15, 0.2) is 0 Å². The van der Waals surface area contributed by atoms with Gasteiger partial charge in [0.2, 0.25) is 0 Å². The second-order valence-corrected chi connectivity index (χ2v) is 4.40. The van der Waals surface area contributed by atoms with E-state index in [0.29, 0.717) is 0 Å². The van der Waals surface area contributed by atoms with E-state index in [1.165, 1.54) is 12.1 Å². The Morgan fingerprint density at radius 2 is 1.95 bits per heavy atom. The molecule has 0 saturated carbocycles. The topological polar surface area (TPSA) is 60.4 Å². The van der Waals surface area contributed by atoms with Gasteiger partial charge in [-0.15, -0.1) is 0 Å². The Labute approximate surface area is 109 Å². The lowest BCUT2D eigenvalue weighted by atomic mass is 10.1. The number of non-ortho nitro benzene ring substituents is 1. The smallest absolute Gasteiger partial charge is 0.269 e. The molecular weight excluding hydrogens is 242 g/mol. The lowest BCUT2D eigenvalue weighted by molar-refractivity contribution is -0.384. The molecule has 1 aromatic carbocycles. The standard InChI is InChI=1S/C14H11N3O2/c1-10-6-7-16-9-13(15-14(16)8-10)11-2-4-12(5-3-11)17(18)19/h2-9H,1H3. The third kappa shape index (κ3) is 2.06. The van der Waals surface area contributed by atoms with Crippen LogP contribution in [0.25, 0.3) is 16.9 Å². The van der Waals surface area contributed by atoms with Crippen LogP contribution < -0.4 is 0 Å². The number of imidazole rings is 1. The molecule has 0 spiro atoms. The lowest BCUT2D eigenvalue weighted by Crippen LogP contribution is -1.87. The molecule has 2 aromatic heterocycles. The van der Waals surface area contributed by atoms with Gasteiger partial charge in [-0.1, -0.05) is 0 Å². The molecule has 0 atom stereocenters. The number of aryl methyl sites for hydroxylation is 1. The average molecular weight is 253 g/mol. The number of hydrogen-bond acceptors (Lipinski definition) is 3. The van der Waals surface area contributed by atoms with Crippen molar-refractivity contribution in [2.75, 3.05) is 0 Å². The maximum atomic E-state index is 10.6. The number of aromatic nitrogens is 2. The largest absolute Gasteiger partial charge is 0.306 e. The highest BCUT2D eigenvalue weighted by molar-refractivity contribution is 5.64. The van der Waals surface area contributed by atoms with Crippen molar-refractivity contribution in [3.63, 3.8) is 0 Å². The minimum absolute atomic E-state index is 0.0864. The Bertz CT molecular complexity index is 760. The first kappa shape index (κ1) is 11.4. The van der Waals surface area contributed by atoms with Crippen LogP contribution in [0, 0.1) is 17.0 Å². The molecule has 5 heteroatoms. The van der Waals surface area contributed by atoms with Gasteiger partial charge in [-0.3, -0.25) is 10.1 Å². The molecule has 0 radical (unpaired) electrons. The lowest BCUT2D eigenvalue weighted by Gasteiger charge is -1.95. The van der Waals surface area contributed by atoms with Crippen molar-refractivity contribution < 1.29 is 4.92 Å². The van der Waals surface area contributed by atoms with Crippen LogP contribution in [0.4, 0.5) is 5.69 Å². The number of nitro benzene ring substituents is 1. The molecule has 0 fully saturated rings. The van der Waals surface area contributed by atoms with Crippen LogP contribution in [-0.2, 0) is 0 Å². The van der Waals surface area contributed by atoms with Gasteiger partial charge in [0, 0.05) is 30.1 Å². The van der Waals surface area contributed by atoms with Gasteiger partial charge in [-0.2, -0.15) is 0 Å². The monoisotopic (exact) mass is 253 g/mol. The summed E-state index contributed by atoms with van der Waals surface area (Å²) in [5, 5.41) is 10.6. The summed E-state index contributed by atoms with van der Waals surface area (Å²) in [5.41, 5.74) is 3.78. The zero-order valence-electron chi connectivity index (χ0n) is 10.3. The first-order valence-electron chi connectivity index (χ1n) is 5.84. The van der Waals surface area contributed by atoms with Gasteiger partial charge in [0.05, 0.1) is 10.6 Å². The van der Waals surface area contributed by atoms with Crippen molar-refractivity contribution in [2.24, 2.45) is 0 Å². The number of nitro groups is 1. The molecule has 3 rings (SSSR count). The van der Waals surface area contributed by atoms with E-state index in [4.69, 9.17) is 0 Å². The molecule has 19 heavy (non-hydrogen) atoms. The minimum Gasteiger partial charge on any atom is -0.306 e. The Hall–Kier alpha value is -2.69. The summed E-state index contributed by atoms with van der Waals surface area (Å²) in [6, 6.07) is 10.4. The van der Waals surface area contributed by atoms with Gasteiger partial charge in [0.25, 0.3) is 5.69 Å². The fraction of sp³-hybridized carbons (Fsp3) is 0.0714. The summed E-state index contributed by atoms with van der Waals surface area (Å²) in [6.45, 7) is 2.01. The van der Waals surface area contributed by atoms with Crippen LogP contribution in [0.1, 0.15) is 5.56 Å². The van der Waals surface area contributed by atoms with Crippen molar-refractivity contribution in [2.45, 2.75) is 6.92 Å². The van der Waals surface area contributed by atoms with E-state index < -0.39 is 4.92 Å². The summed E-state index contributed by atoms with van der Waals surface area (Å²) < 4.78 is 1.93. The van der Waals surface area contributed by atoms with Crippen LogP contribution in [0.5, 0.6) is 0 Å². The third-order valence-electron chi connectivity index (χ3n) is 2.99. The van der Waals surface area contributed by atoms with Crippen molar-refractivity contribution >= 4 is 11.3 Å². The number of hydrogen-bond donors (Lipinski definition) is 0. The highest BCUT2D eigenvalue weighted by Gasteiger charge is 2.08. The van der Waals surface area contributed by atoms with Crippen LogP contribution in [0.2, 0.25) is 0 Å². The first-order chi connectivity index (χ1) is 9.13. The van der Waals surface area contributed by atoms with Crippen LogP contribution in [0.3, 0.4) is 0 Å². The molecule has 5 nitrogen and oxygen atoms in total. The summed E-state index contributed by atoms with van der Waals surface area (Å²) in [5.74, 6) is 0. The molecule has 0 amide bonds. The van der Waals surface area contributed by atoms with E-state index in [2.05, 4.69) is 4.98 Å². The molecule has 0 aliphatic rings. The Morgan fingerprint density at radius 1 is 1.21 bits per heavy atom. The quantitative estimate of drug-likeness (QED) is 0.520. The number of nitrogens with zero attached hydrogens (tertiary/aromatic N) is 3. The van der Waals surface area contributed by atoms with Gasteiger partial charge in [-0.25, -0.2) is 4.98 Å². The zero-order chi connectivity index (χ0) is 13.4. The minimum atomic E-state index is -0.406. The second kappa shape index (κ2) is 4.20. The third-order valence-corrected chi connectivity index (χ3v) is 2.99. The number of fused-ring (bicyclic) bond motifs is 1. The van der Waals surface area contributed by atoms with Crippen LogP contribution in [-0.4, -0.2) is 14.3 Å². The van der Waals surface area contributed by atoms with Crippen molar-refractivity contribution in [3.8, 4) is 11.3 Å². The maximum Gasteiger partial charge on any atom is 0.269 e. The normalized spacial score (nSPS) is 10.8. The van der Waals surface area contributed by atoms with Gasteiger partial charge in [-0.05, 0) is 36.8 Å². The zero-order valence-corrected chi connectivity index (χ0v) is 10.3. The van der Waals surface area contributed by atoms with Gasteiger partial charge in [0.1, 0.15) is 5.65 Å². The summed E-state index contributed by atoms with van der Waals surface area (Å²) in [6.07, 6.45) is 3.86. The van der Waals surface area contributed by atoms with E-state index in [9.17, 15) is 10.1 Å². The van der Waals surface area contributed by atoms with Crippen LogP contribution >= 0.6 is 0 Å². The second-order valence-electron chi connectivity index (χ2n) is 4.40. The molecule has 0 unspecified atom stereocenters. The Kier molecular flexibility index (Phi) is 2.52. The van der Waals surface area contributed by atoms with Gasteiger partial charge < -0.3 is 4.40 Å². The molecule has 0 aliphatic carbocycles. The van der Waals surface area contributed by atoms with E-state index in [1.54, 1.807) is 12.1 Å². The van der Waals surface area contributed by atoms with Gasteiger partial charge >= 0.3 is 0 Å². The van der Waals surface area contributed by atoms with E-state index in [1.807, 2.05) is 35.9 Å². The number of pyridine rings is 1. The fourth-order valence-electron chi connectivity index (χ4n) is 1.98. The highest BCUT2D eigenvalue weighted by atomic mass is 16.6. The summed E-state index contributed by atoms with van der Waals surface area (Å²) in [4.78, 5) is 14.7. The molecule has 0 bridgehead atoms. The summed E-state index contributed by atoms with van der Waals surface area (Å²) >= 11 is 0. The van der Waals surface area contributed by atoms with Crippen molar-refractivity contribution in [3.05, 3.63) is 64.5 Å². The Morgan fingerprint density at radius 3 is 2.63 bits per heavy atom. The predicted molar refractivity (Wildman–Crippen MR) is 72.0 cm³/mol. The predicted octanol–water partition coefficient (Wildman–Crippen LogP) is 3.22.